The second-order valence-corrected chi connectivity index (χ2v) is 4.34. The second-order valence-electron chi connectivity index (χ2n) is 4.34. The van der Waals surface area contributed by atoms with Gasteiger partial charge in [0, 0.05) is 13.1 Å². The molecule has 2 aromatic rings. The Kier molecular flexibility index (Phi) is 4.25. The zero-order valence-electron chi connectivity index (χ0n) is 10.7. The molecule has 2 N–H and O–H groups in total. The molecule has 0 amide bonds. The molecule has 0 radical (unpaired) electrons. The first kappa shape index (κ1) is 13.2. The lowest BCUT2D eigenvalue weighted by Crippen LogP contribution is -2.19. The van der Waals surface area contributed by atoms with Crippen molar-refractivity contribution in [1.29, 1.82) is 0 Å². The molecule has 0 saturated carbocycles. The van der Waals surface area contributed by atoms with Crippen molar-refractivity contribution in [3.63, 3.8) is 0 Å². The van der Waals surface area contributed by atoms with Gasteiger partial charge in [-0.1, -0.05) is 35.0 Å². The van der Waals surface area contributed by atoms with Gasteiger partial charge in [0.15, 0.2) is 5.69 Å². The fourth-order valence-corrected chi connectivity index (χ4v) is 1.75. The average Bonchev–Trinajstić information content (AvgIpc) is 2.84. The summed E-state index contributed by atoms with van der Waals surface area (Å²) in [4.78, 5) is 10.6. The molecule has 6 nitrogen and oxygen atoms in total. The minimum atomic E-state index is -1.06. The van der Waals surface area contributed by atoms with E-state index in [0.29, 0.717) is 13.1 Å². The number of carboxylic acids is 1. The Labute approximate surface area is 111 Å². The molecule has 19 heavy (non-hydrogen) atoms. The first-order valence-corrected chi connectivity index (χ1v) is 6.05. The van der Waals surface area contributed by atoms with Crippen molar-refractivity contribution in [3.8, 4) is 0 Å². The van der Waals surface area contributed by atoms with E-state index in [9.17, 15) is 4.79 Å². The average molecular weight is 260 g/mol. The van der Waals surface area contributed by atoms with E-state index in [-0.39, 0.29) is 5.69 Å². The van der Waals surface area contributed by atoms with Crippen LogP contribution in [0.15, 0.2) is 30.5 Å². The van der Waals surface area contributed by atoms with Gasteiger partial charge in [0.25, 0.3) is 0 Å². The lowest BCUT2D eigenvalue weighted by molar-refractivity contribution is 0.0690. The van der Waals surface area contributed by atoms with Gasteiger partial charge in [-0.25, -0.2) is 4.79 Å². The number of rotatable bonds is 6. The van der Waals surface area contributed by atoms with E-state index in [1.54, 1.807) is 0 Å². The summed E-state index contributed by atoms with van der Waals surface area (Å²) in [6, 6.07) is 8.29. The Bertz CT molecular complexity index is 565. The molecule has 0 spiro atoms. The number of aryl methyl sites for hydroxylation is 1. The highest BCUT2D eigenvalue weighted by molar-refractivity contribution is 5.84. The highest BCUT2D eigenvalue weighted by Crippen LogP contribution is 2.03. The predicted octanol–water partition coefficient (Wildman–Crippen LogP) is 1.07. The first-order chi connectivity index (χ1) is 9.15. The number of nitrogens with zero attached hydrogens (tertiary/aromatic N) is 3. The number of hydrogen-bond acceptors (Lipinski definition) is 4. The van der Waals surface area contributed by atoms with Gasteiger partial charge in [0.05, 0.1) is 12.7 Å². The predicted molar refractivity (Wildman–Crippen MR) is 69.9 cm³/mol. The van der Waals surface area contributed by atoms with Crippen molar-refractivity contribution in [3.05, 3.63) is 47.3 Å². The standard InChI is InChI=1S/C13H16N4O2/c1-10-3-2-4-11(7-10)8-14-5-6-17-9-12(13(18)19)15-16-17/h2-4,7,9,14H,5-6,8H2,1H3,(H,18,19). The number of aromatic carboxylic acids is 1. The smallest absolute Gasteiger partial charge is 0.358 e. The van der Waals surface area contributed by atoms with Crippen LogP contribution >= 0.6 is 0 Å². The van der Waals surface area contributed by atoms with Crippen molar-refractivity contribution in [2.75, 3.05) is 6.54 Å². The molecule has 0 atom stereocenters. The SMILES string of the molecule is Cc1cccc(CNCCn2cc(C(=O)O)nn2)c1. The molecule has 0 bridgehead atoms. The van der Waals surface area contributed by atoms with Crippen molar-refractivity contribution in [2.45, 2.75) is 20.0 Å². The molecule has 0 aliphatic heterocycles. The molecule has 0 saturated heterocycles. The maximum Gasteiger partial charge on any atom is 0.358 e. The van der Waals surface area contributed by atoms with Gasteiger partial charge in [-0.05, 0) is 12.5 Å². The third-order valence-corrected chi connectivity index (χ3v) is 2.69. The zero-order valence-corrected chi connectivity index (χ0v) is 10.7. The van der Waals surface area contributed by atoms with Crippen LogP contribution < -0.4 is 5.32 Å². The van der Waals surface area contributed by atoms with Gasteiger partial charge in [-0.2, -0.15) is 0 Å². The third kappa shape index (κ3) is 3.89. The zero-order chi connectivity index (χ0) is 13.7. The van der Waals surface area contributed by atoms with Gasteiger partial charge in [0.1, 0.15) is 0 Å². The van der Waals surface area contributed by atoms with Crippen LogP contribution in [0.1, 0.15) is 21.6 Å². The van der Waals surface area contributed by atoms with Crippen molar-refractivity contribution in [2.24, 2.45) is 0 Å². The van der Waals surface area contributed by atoms with Crippen LogP contribution in [0.2, 0.25) is 0 Å². The molecule has 0 aliphatic carbocycles. The molecule has 0 fully saturated rings. The van der Waals surface area contributed by atoms with E-state index in [2.05, 4.69) is 40.8 Å². The summed E-state index contributed by atoms with van der Waals surface area (Å²) >= 11 is 0. The van der Waals surface area contributed by atoms with Gasteiger partial charge in [-0.15, -0.1) is 5.10 Å². The van der Waals surface area contributed by atoms with Crippen LogP contribution in [-0.4, -0.2) is 32.6 Å². The first-order valence-electron chi connectivity index (χ1n) is 6.05. The monoisotopic (exact) mass is 260 g/mol. The summed E-state index contributed by atoms with van der Waals surface area (Å²) in [5.74, 6) is -1.06. The lowest BCUT2D eigenvalue weighted by Gasteiger charge is -2.05. The van der Waals surface area contributed by atoms with Gasteiger partial charge >= 0.3 is 5.97 Å². The fraction of sp³-hybridized carbons (Fsp3) is 0.308. The quantitative estimate of drug-likeness (QED) is 0.759. The highest BCUT2D eigenvalue weighted by Gasteiger charge is 2.07. The summed E-state index contributed by atoms with van der Waals surface area (Å²) < 4.78 is 1.52. The Morgan fingerprint density at radius 1 is 1.47 bits per heavy atom. The number of carbonyl (C=O) groups is 1. The Morgan fingerprint density at radius 3 is 3.00 bits per heavy atom. The molecule has 6 heteroatoms. The molecular formula is C13H16N4O2. The molecule has 1 aromatic carbocycles. The molecule has 1 heterocycles. The van der Waals surface area contributed by atoms with E-state index in [1.807, 2.05) is 6.07 Å². The molecular weight excluding hydrogens is 244 g/mol. The van der Waals surface area contributed by atoms with E-state index < -0.39 is 5.97 Å². The second kappa shape index (κ2) is 6.10. The van der Waals surface area contributed by atoms with Crippen molar-refractivity contribution in [1.82, 2.24) is 20.3 Å². The third-order valence-electron chi connectivity index (χ3n) is 2.69. The van der Waals surface area contributed by atoms with Gasteiger partial charge in [0.2, 0.25) is 0 Å². The van der Waals surface area contributed by atoms with E-state index in [4.69, 9.17) is 5.11 Å². The highest BCUT2D eigenvalue weighted by atomic mass is 16.4. The Morgan fingerprint density at radius 2 is 2.32 bits per heavy atom. The minimum absolute atomic E-state index is 0.0290. The summed E-state index contributed by atoms with van der Waals surface area (Å²) in [5.41, 5.74) is 2.44. The van der Waals surface area contributed by atoms with Crippen molar-refractivity contribution < 1.29 is 9.90 Å². The normalized spacial score (nSPS) is 10.6. The lowest BCUT2D eigenvalue weighted by atomic mass is 10.1. The topological polar surface area (TPSA) is 80.0 Å². The molecule has 2 rings (SSSR count). The Hall–Kier alpha value is -2.21. The fourth-order valence-electron chi connectivity index (χ4n) is 1.75. The summed E-state index contributed by atoms with van der Waals surface area (Å²) in [6.07, 6.45) is 1.43. The molecule has 0 aliphatic rings. The Balaban J connectivity index is 1.76. The number of carboxylic acid groups (broad SMARTS) is 1. The number of nitrogens with one attached hydrogen (secondary N) is 1. The van der Waals surface area contributed by atoms with Crippen LogP contribution in [0.25, 0.3) is 0 Å². The summed E-state index contributed by atoms with van der Waals surface area (Å²) in [6.45, 7) is 4.14. The van der Waals surface area contributed by atoms with E-state index >= 15 is 0 Å². The van der Waals surface area contributed by atoms with E-state index in [1.165, 1.54) is 22.0 Å². The maximum atomic E-state index is 10.6. The molecule has 0 unspecified atom stereocenters. The van der Waals surface area contributed by atoms with Crippen LogP contribution in [0.3, 0.4) is 0 Å². The molecule has 1 aromatic heterocycles. The number of benzene rings is 1. The minimum Gasteiger partial charge on any atom is -0.476 e. The van der Waals surface area contributed by atoms with Crippen LogP contribution in [0.5, 0.6) is 0 Å². The van der Waals surface area contributed by atoms with Crippen LogP contribution in [-0.2, 0) is 13.1 Å². The van der Waals surface area contributed by atoms with Gasteiger partial charge < -0.3 is 10.4 Å². The van der Waals surface area contributed by atoms with Gasteiger partial charge in [-0.3, -0.25) is 4.68 Å². The maximum absolute atomic E-state index is 10.6. The summed E-state index contributed by atoms with van der Waals surface area (Å²) in [7, 11) is 0. The van der Waals surface area contributed by atoms with Crippen LogP contribution in [0.4, 0.5) is 0 Å². The number of hydrogen-bond donors (Lipinski definition) is 2. The molecule has 100 valence electrons. The van der Waals surface area contributed by atoms with Crippen molar-refractivity contribution >= 4 is 5.97 Å². The van der Waals surface area contributed by atoms with E-state index in [0.717, 1.165) is 6.54 Å². The van der Waals surface area contributed by atoms with Crippen LogP contribution in [0, 0.1) is 6.92 Å². The largest absolute Gasteiger partial charge is 0.476 e. The summed E-state index contributed by atoms with van der Waals surface area (Å²) in [5, 5.41) is 19.3. The number of aromatic nitrogens is 3.